The number of hydrogen-bond donors (Lipinski definition) is 0. The Morgan fingerprint density at radius 1 is 1.00 bits per heavy atom. The molecule has 164 valence electrons. The molecule has 1 fully saturated rings. The molecule has 1 saturated heterocycles. The van der Waals surface area contributed by atoms with Crippen LogP contribution >= 0.6 is 22.6 Å². The van der Waals surface area contributed by atoms with Gasteiger partial charge in [0.2, 0.25) is 0 Å². The lowest BCUT2D eigenvalue weighted by Crippen LogP contribution is -2.44. The van der Waals surface area contributed by atoms with Crippen molar-refractivity contribution in [2.24, 2.45) is 0 Å². The van der Waals surface area contributed by atoms with Crippen molar-refractivity contribution in [3.05, 3.63) is 52.2 Å². The van der Waals surface area contributed by atoms with Crippen molar-refractivity contribution in [2.45, 2.75) is 6.42 Å². The molecule has 4 rings (SSSR count). The zero-order valence-electron chi connectivity index (χ0n) is 18.0. The summed E-state index contributed by atoms with van der Waals surface area (Å²) in [5.74, 6) is 2.94. The van der Waals surface area contributed by atoms with Gasteiger partial charge in [0.15, 0.2) is 11.5 Å². The molecule has 0 spiro atoms. The van der Waals surface area contributed by atoms with Crippen molar-refractivity contribution < 1.29 is 14.2 Å². The van der Waals surface area contributed by atoms with Gasteiger partial charge < -0.3 is 24.0 Å². The molecular weight excluding hydrogens is 505 g/mol. The van der Waals surface area contributed by atoms with E-state index in [4.69, 9.17) is 14.2 Å². The van der Waals surface area contributed by atoms with Gasteiger partial charge in [0, 0.05) is 53.9 Å². The quantitative estimate of drug-likeness (QED) is 0.310. The van der Waals surface area contributed by atoms with Crippen LogP contribution in [0.2, 0.25) is 0 Å². The van der Waals surface area contributed by atoms with Crippen LogP contribution in [-0.4, -0.2) is 68.3 Å². The predicted octanol–water partition coefficient (Wildman–Crippen LogP) is 4.66. The molecule has 0 saturated carbocycles. The van der Waals surface area contributed by atoms with Crippen LogP contribution < -0.4 is 14.2 Å². The number of halogens is 1. The summed E-state index contributed by atoms with van der Waals surface area (Å²) >= 11 is 2.28. The highest BCUT2D eigenvalue weighted by molar-refractivity contribution is 14.1. The average Bonchev–Trinajstić information content (AvgIpc) is 2.77. The van der Waals surface area contributed by atoms with E-state index in [0.717, 1.165) is 65.1 Å². The largest absolute Gasteiger partial charge is 0.493 e. The van der Waals surface area contributed by atoms with Crippen LogP contribution in [0.15, 0.2) is 48.7 Å². The van der Waals surface area contributed by atoms with Gasteiger partial charge in [0.05, 0.1) is 19.2 Å². The summed E-state index contributed by atoms with van der Waals surface area (Å²) in [7, 11) is 3.84. The molecule has 0 N–H and O–H groups in total. The fourth-order valence-electron chi connectivity index (χ4n) is 3.69. The van der Waals surface area contributed by atoms with Gasteiger partial charge in [-0.2, -0.15) is 0 Å². The van der Waals surface area contributed by atoms with Gasteiger partial charge in [-0.25, -0.2) is 0 Å². The van der Waals surface area contributed by atoms with E-state index in [1.807, 2.05) is 42.5 Å². The number of ether oxygens (including phenoxy) is 3. The van der Waals surface area contributed by atoms with Crippen molar-refractivity contribution in [1.29, 1.82) is 0 Å². The van der Waals surface area contributed by atoms with Gasteiger partial charge in [0.1, 0.15) is 11.5 Å². The van der Waals surface area contributed by atoms with Crippen molar-refractivity contribution in [1.82, 2.24) is 14.8 Å². The maximum absolute atomic E-state index is 6.13. The molecule has 0 aliphatic carbocycles. The topological polar surface area (TPSA) is 47.1 Å². The Labute approximate surface area is 197 Å². The van der Waals surface area contributed by atoms with Crippen LogP contribution in [-0.2, 0) is 0 Å². The first-order chi connectivity index (χ1) is 15.1. The third-order valence-electron chi connectivity index (χ3n) is 5.48. The number of piperazine rings is 1. The molecule has 3 aromatic rings. The van der Waals surface area contributed by atoms with Gasteiger partial charge in [-0.05, 0) is 66.4 Å². The number of rotatable bonds is 8. The van der Waals surface area contributed by atoms with Crippen LogP contribution in [0.3, 0.4) is 0 Å². The van der Waals surface area contributed by atoms with Crippen molar-refractivity contribution >= 4 is 33.5 Å². The van der Waals surface area contributed by atoms with E-state index in [1.54, 1.807) is 13.3 Å². The normalized spacial score (nSPS) is 15.2. The van der Waals surface area contributed by atoms with E-state index in [2.05, 4.69) is 44.4 Å². The van der Waals surface area contributed by atoms with Crippen molar-refractivity contribution in [3.8, 4) is 23.0 Å². The number of fused-ring (bicyclic) bond motifs is 1. The van der Waals surface area contributed by atoms with Gasteiger partial charge in [-0.15, -0.1) is 0 Å². The average molecular weight is 533 g/mol. The molecule has 2 heterocycles. The monoisotopic (exact) mass is 533 g/mol. The summed E-state index contributed by atoms with van der Waals surface area (Å²) < 4.78 is 18.9. The highest BCUT2D eigenvalue weighted by Gasteiger charge is 2.14. The van der Waals surface area contributed by atoms with E-state index < -0.39 is 0 Å². The Morgan fingerprint density at radius 2 is 1.84 bits per heavy atom. The maximum Gasteiger partial charge on any atom is 0.163 e. The number of aromatic nitrogens is 1. The summed E-state index contributed by atoms with van der Waals surface area (Å²) in [6, 6.07) is 13.7. The summed E-state index contributed by atoms with van der Waals surface area (Å²) in [5, 5.41) is 0.892. The minimum Gasteiger partial charge on any atom is -0.493 e. The number of benzene rings is 2. The molecule has 7 heteroatoms. The first-order valence-corrected chi connectivity index (χ1v) is 11.6. The van der Waals surface area contributed by atoms with Gasteiger partial charge in [-0.1, -0.05) is 6.07 Å². The Morgan fingerprint density at radius 3 is 2.61 bits per heavy atom. The minimum atomic E-state index is 0.646. The van der Waals surface area contributed by atoms with E-state index in [9.17, 15) is 0 Å². The molecule has 0 amide bonds. The smallest absolute Gasteiger partial charge is 0.163 e. The molecule has 31 heavy (non-hydrogen) atoms. The lowest BCUT2D eigenvalue weighted by molar-refractivity contribution is 0.145. The third kappa shape index (κ3) is 5.78. The zero-order chi connectivity index (χ0) is 21.6. The second kappa shape index (κ2) is 10.5. The standard InChI is InChI=1S/C24H28IN3O3/c1-27-10-12-28(13-11-27)9-4-14-30-24-17-21-20(16-23(24)29-2)22(7-8-26-21)31-19-6-3-5-18(25)15-19/h3,5-8,15-17H,4,9-14H2,1-2H3. The fourth-order valence-corrected chi connectivity index (χ4v) is 4.20. The molecule has 6 nitrogen and oxygen atoms in total. The van der Waals surface area contributed by atoms with Crippen LogP contribution in [0.25, 0.3) is 10.9 Å². The number of methoxy groups -OCH3 is 1. The summed E-state index contributed by atoms with van der Waals surface area (Å²) in [4.78, 5) is 9.38. The van der Waals surface area contributed by atoms with Crippen LogP contribution in [0.1, 0.15) is 6.42 Å². The molecule has 1 aliphatic heterocycles. The van der Waals surface area contributed by atoms with Crippen LogP contribution in [0.4, 0.5) is 0 Å². The summed E-state index contributed by atoms with van der Waals surface area (Å²) in [6.45, 7) is 6.23. The molecular formula is C24H28IN3O3. The zero-order valence-corrected chi connectivity index (χ0v) is 20.2. The SMILES string of the molecule is COc1cc2c(Oc3cccc(I)c3)ccnc2cc1OCCCN1CCN(C)CC1. The molecule has 1 aliphatic rings. The van der Waals surface area contributed by atoms with E-state index in [0.29, 0.717) is 18.1 Å². The van der Waals surface area contributed by atoms with Gasteiger partial charge >= 0.3 is 0 Å². The van der Waals surface area contributed by atoms with Gasteiger partial charge in [-0.3, -0.25) is 4.98 Å². The third-order valence-corrected chi connectivity index (χ3v) is 6.15. The highest BCUT2D eigenvalue weighted by Crippen LogP contribution is 2.37. The lowest BCUT2D eigenvalue weighted by atomic mass is 10.1. The number of hydrogen-bond acceptors (Lipinski definition) is 6. The second-order valence-electron chi connectivity index (χ2n) is 7.74. The Bertz CT molecular complexity index is 1020. The molecule has 0 bridgehead atoms. The van der Waals surface area contributed by atoms with Crippen molar-refractivity contribution in [3.63, 3.8) is 0 Å². The Hall–Kier alpha value is -2.10. The predicted molar refractivity (Wildman–Crippen MR) is 132 cm³/mol. The van der Waals surface area contributed by atoms with Crippen LogP contribution in [0.5, 0.6) is 23.0 Å². The first kappa shape index (κ1) is 22.1. The maximum atomic E-state index is 6.13. The number of likely N-dealkylation sites (N-methyl/N-ethyl adjacent to an activating group) is 1. The molecule has 1 aromatic heterocycles. The van der Waals surface area contributed by atoms with Crippen molar-refractivity contribution in [2.75, 3.05) is 53.5 Å². The Balaban J connectivity index is 1.44. The number of pyridine rings is 1. The molecule has 0 radical (unpaired) electrons. The minimum absolute atomic E-state index is 0.646. The molecule has 0 unspecified atom stereocenters. The van der Waals surface area contributed by atoms with E-state index in [-0.39, 0.29) is 0 Å². The fraction of sp³-hybridized carbons (Fsp3) is 0.375. The highest BCUT2D eigenvalue weighted by atomic mass is 127. The van der Waals surface area contributed by atoms with Gasteiger partial charge in [0.25, 0.3) is 0 Å². The summed E-state index contributed by atoms with van der Waals surface area (Å²) in [6.07, 6.45) is 2.74. The lowest BCUT2D eigenvalue weighted by Gasteiger charge is -2.32. The molecule has 0 atom stereocenters. The molecule has 2 aromatic carbocycles. The Kier molecular flexibility index (Phi) is 7.47. The first-order valence-electron chi connectivity index (χ1n) is 10.6. The summed E-state index contributed by atoms with van der Waals surface area (Å²) in [5.41, 5.74) is 0.818. The second-order valence-corrected chi connectivity index (χ2v) is 8.98. The van der Waals surface area contributed by atoms with E-state index >= 15 is 0 Å². The van der Waals surface area contributed by atoms with Crippen LogP contribution in [0, 0.1) is 3.57 Å². The van der Waals surface area contributed by atoms with E-state index in [1.165, 1.54) is 0 Å². The number of nitrogens with zero attached hydrogens (tertiary/aromatic N) is 3.